The summed E-state index contributed by atoms with van der Waals surface area (Å²) in [5, 5.41) is 0. The molecule has 0 spiro atoms. The van der Waals surface area contributed by atoms with Gasteiger partial charge in [0.2, 0.25) is 10.0 Å². The van der Waals surface area contributed by atoms with Crippen LogP contribution in [0, 0.1) is 0 Å². The highest BCUT2D eigenvalue weighted by Gasteiger charge is 2.43. The molecule has 0 saturated carbocycles. The molecule has 1 rings (SSSR count). The van der Waals surface area contributed by atoms with Gasteiger partial charge in [0.15, 0.2) is 0 Å². The van der Waals surface area contributed by atoms with Gasteiger partial charge in [-0.3, -0.25) is 0 Å². The largest absolute Gasteiger partial charge is 0.212 e. The molecule has 0 aromatic rings. The van der Waals surface area contributed by atoms with Crippen molar-refractivity contribution in [2.24, 2.45) is 0 Å². The van der Waals surface area contributed by atoms with Crippen molar-refractivity contribution in [3.63, 3.8) is 0 Å². The summed E-state index contributed by atoms with van der Waals surface area (Å²) in [5.41, 5.74) is 0. The molecule has 1 aliphatic rings. The Morgan fingerprint density at radius 2 is 2.00 bits per heavy atom. The summed E-state index contributed by atoms with van der Waals surface area (Å²) in [6.07, 6.45) is 6.55. The Labute approximate surface area is 113 Å². The van der Waals surface area contributed by atoms with Gasteiger partial charge in [-0.1, -0.05) is 49.3 Å². The normalized spacial score (nSPS) is 32.1. The summed E-state index contributed by atoms with van der Waals surface area (Å²) in [5.74, 6) is 0. The zero-order chi connectivity index (χ0) is 12.3. The van der Waals surface area contributed by atoms with E-state index in [9.17, 15) is 8.42 Å². The molecule has 16 heavy (non-hydrogen) atoms. The average Bonchev–Trinajstić information content (AvgIpc) is 2.51. The first-order valence-electron chi connectivity index (χ1n) is 6.04. The summed E-state index contributed by atoms with van der Waals surface area (Å²) < 4.78 is 25.9. The van der Waals surface area contributed by atoms with Crippen LogP contribution in [0.15, 0.2) is 0 Å². The van der Waals surface area contributed by atoms with Crippen LogP contribution < -0.4 is 0 Å². The second kappa shape index (κ2) is 6.00. The highest BCUT2D eigenvalue weighted by Crippen LogP contribution is 2.36. The van der Waals surface area contributed by atoms with E-state index >= 15 is 0 Å². The van der Waals surface area contributed by atoms with E-state index in [1.54, 1.807) is 4.31 Å². The van der Waals surface area contributed by atoms with Crippen LogP contribution in [0.2, 0.25) is 0 Å². The summed E-state index contributed by atoms with van der Waals surface area (Å²) in [6.45, 7) is 4.23. The maximum atomic E-state index is 11.8. The number of sulfonamides is 1. The van der Waals surface area contributed by atoms with Crippen molar-refractivity contribution in [1.29, 1.82) is 0 Å². The monoisotopic (exact) mass is 359 g/mol. The van der Waals surface area contributed by atoms with Gasteiger partial charge in [-0.2, -0.15) is 4.31 Å². The lowest BCUT2D eigenvalue weighted by molar-refractivity contribution is 0.305. The molecule has 0 unspecified atom stereocenters. The molecule has 0 aromatic heterocycles. The first-order chi connectivity index (χ1) is 7.41. The van der Waals surface area contributed by atoms with E-state index in [1.807, 2.05) is 0 Å². The first kappa shape index (κ1) is 14.7. The van der Waals surface area contributed by atoms with Crippen LogP contribution in [-0.4, -0.2) is 35.0 Å². The van der Waals surface area contributed by atoms with Crippen molar-refractivity contribution in [1.82, 2.24) is 4.31 Å². The topological polar surface area (TPSA) is 37.4 Å². The fraction of sp³-hybridized carbons (Fsp3) is 1.00. The highest BCUT2D eigenvalue weighted by molar-refractivity contribution is 14.1. The van der Waals surface area contributed by atoms with E-state index in [2.05, 4.69) is 36.4 Å². The third-order valence-electron chi connectivity index (χ3n) is 3.31. The lowest BCUT2D eigenvalue weighted by Gasteiger charge is -2.28. The number of halogens is 1. The molecule has 1 aliphatic heterocycles. The second-order valence-corrected chi connectivity index (χ2v) is 8.10. The van der Waals surface area contributed by atoms with Crippen LogP contribution in [0.5, 0.6) is 0 Å². The van der Waals surface area contributed by atoms with Gasteiger partial charge in [-0.05, 0) is 19.3 Å². The fourth-order valence-electron chi connectivity index (χ4n) is 2.54. The van der Waals surface area contributed by atoms with Crippen LogP contribution in [-0.2, 0) is 10.0 Å². The van der Waals surface area contributed by atoms with Crippen molar-refractivity contribution in [2.75, 3.05) is 6.26 Å². The van der Waals surface area contributed by atoms with Crippen molar-refractivity contribution in [2.45, 2.75) is 62.0 Å². The molecule has 0 bridgehead atoms. The van der Waals surface area contributed by atoms with Gasteiger partial charge in [0, 0.05) is 16.0 Å². The van der Waals surface area contributed by atoms with Gasteiger partial charge in [-0.25, -0.2) is 8.42 Å². The van der Waals surface area contributed by atoms with Crippen LogP contribution in [0.3, 0.4) is 0 Å². The van der Waals surface area contributed by atoms with E-state index in [-0.39, 0.29) is 12.1 Å². The Morgan fingerprint density at radius 1 is 1.38 bits per heavy atom. The Kier molecular flexibility index (Phi) is 5.51. The second-order valence-electron chi connectivity index (χ2n) is 4.62. The number of unbranched alkanes of at least 4 members (excludes halogenated alkanes) is 1. The molecule has 96 valence electrons. The zero-order valence-electron chi connectivity index (χ0n) is 10.3. The molecule has 1 heterocycles. The van der Waals surface area contributed by atoms with Crippen LogP contribution in [0.25, 0.3) is 0 Å². The molecule has 0 amide bonds. The Hall–Kier alpha value is 0.640. The molecule has 5 heteroatoms. The van der Waals surface area contributed by atoms with E-state index in [4.69, 9.17) is 0 Å². The molecule has 0 N–H and O–H groups in total. The molecule has 1 fully saturated rings. The lowest BCUT2D eigenvalue weighted by atomic mass is 10.1. The third-order valence-corrected chi connectivity index (χ3v) is 5.98. The Bertz CT molecular complexity index is 318. The summed E-state index contributed by atoms with van der Waals surface area (Å²) in [7, 11) is -3.05. The summed E-state index contributed by atoms with van der Waals surface area (Å²) in [6, 6.07) is 0.444. The summed E-state index contributed by atoms with van der Waals surface area (Å²) >= 11 is 2.42. The van der Waals surface area contributed by atoms with E-state index < -0.39 is 10.0 Å². The van der Waals surface area contributed by atoms with Crippen LogP contribution in [0.4, 0.5) is 0 Å². The van der Waals surface area contributed by atoms with Crippen molar-refractivity contribution < 1.29 is 8.42 Å². The maximum absolute atomic E-state index is 11.8. The standard InChI is InChI=1S/C11H22INO2S/c1-4-6-7-11-10(12)8-9(5-2)13(11)16(3,14)15/h9-11H,4-8H2,1-3H3/t9-,10+,11-/m1/s1. The van der Waals surface area contributed by atoms with Crippen LogP contribution >= 0.6 is 22.6 Å². The molecule has 0 aromatic carbocycles. The first-order valence-corrected chi connectivity index (χ1v) is 9.13. The van der Waals surface area contributed by atoms with Crippen molar-refractivity contribution in [3.05, 3.63) is 0 Å². The smallest absolute Gasteiger partial charge is 0.211 e. The number of hydrogen-bond donors (Lipinski definition) is 0. The average molecular weight is 359 g/mol. The number of alkyl halides is 1. The van der Waals surface area contributed by atoms with Gasteiger partial charge >= 0.3 is 0 Å². The van der Waals surface area contributed by atoms with Gasteiger partial charge in [0.25, 0.3) is 0 Å². The SMILES string of the molecule is CCCC[C@@H]1[C@@H](I)C[C@@H](CC)N1S(C)(=O)=O. The molecular weight excluding hydrogens is 337 g/mol. The summed E-state index contributed by atoms with van der Waals surface area (Å²) in [4.78, 5) is 0. The quantitative estimate of drug-likeness (QED) is 0.559. The van der Waals surface area contributed by atoms with E-state index in [1.165, 1.54) is 6.26 Å². The molecular formula is C11H22INO2S. The van der Waals surface area contributed by atoms with Gasteiger partial charge in [-0.15, -0.1) is 0 Å². The highest BCUT2D eigenvalue weighted by atomic mass is 127. The minimum Gasteiger partial charge on any atom is -0.212 e. The van der Waals surface area contributed by atoms with Crippen molar-refractivity contribution >= 4 is 32.6 Å². The van der Waals surface area contributed by atoms with Crippen molar-refractivity contribution in [3.8, 4) is 0 Å². The minimum absolute atomic E-state index is 0.221. The molecule has 1 saturated heterocycles. The maximum Gasteiger partial charge on any atom is 0.211 e. The predicted octanol–water partition coefficient (Wildman–Crippen LogP) is 2.79. The molecule has 3 nitrogen and oxygen atoms in total. The number of hydrogen-bond acceptors (Lipinski definition) is 2. The number of nitrogens with zero attached hydrogens (tertiary/aromatic N) is 1. The minimum atomic E-state index is -3.05. The molecule has 0 aliphatic carbocycles. The number of rotatable bonds is 5. The van der Waals surface area contributed by atoms with Crippen LogP contribution in [0.1, 0.15) is 46.0 Å². The molecule has 0 radical (unpaired) electrons. The Balaban J connectivity index is 2.86. The van der Waals surface area contributed by atoms with E-state index in [0.29, 0.717) is 3.92 Å². The van der Waals surface area contributed by atoms with Gasteiger partial charge in [0.05, 0.1) is 6.26 Å². The Morgan fingerprint density at radius 3 is 2.44 bits per heavy atom. The zero-order valence-corrected chi connectivity index (χ0v) is 13.3. The third kappa shape index (κ3) is 3.32. The fourth-order valence-corrected chi connectivity index (χ4v) is 5.57. The lowest BCUT2D eigenvalue weighted by Crippen LogP contribution is -2.41. The molecule has 3 atom stereocenters. The predicted molar refractivity (Wildman–Crippen MR) is 76.5 cm³/mol. The van der Waals surface area contributed by atoms with Gasteiger partial charge < -0.3 is 0 Å². The van der Waals surface area contributed by atoms with E-state index in [0.717, 1.165) is 32.1 Å². The van der Waals surface area contributed by atoms with Gasteiger partial charge in [0.1, 0.15) is 0 Å².